The third-order valence-corrected chi connectivity index (χ3v) is 3.70. The Bertz CT molecular complexity index is 199. The van der Waals surface area contributed by atoms with Gasteiger partial charge in [0.15, 0.2) is 0 Å². The van der Waals surface area contributed by atoms with E-state index in [0.717, 1.165) is 12.5 Å². The summed E-state index contributed by atoms with van der Waals surface area (Å²) >= 11 is 0. The van der Waals surface area contributed by atoms with Gasteiger partial charge in [-0.1, -0.05) is 13.0 Å². The molecule has 2 rings (SSSR count). The van der Waals surface area contributed by atoms with Gasteiger partial charge >= 0.3 is 0 Å². The van der Waals surface area contributed by atoms with E-state index in [1.54, 1.807) is 0 Å². The first-order valence-electron chi connectivity index (χ1n) is 5.44. The average Bonchev–Trinajstić information content (AvgIpc) is 2.37. The largest absolute Gasteiger partial charge is 0.374 e. The van der Waals surface area contributed by atoms with Gasteiger partial charge in [-0.05, 0) is 43.4 Å². The zero-order chi connectivity index (χ0) is 9.31. The van der Waals surface area contributed by atoms with Crippen LogP contribution in [0.15, 0.2) is 12.7 Å². The summed E-state index contributed by atoms with van der Waals surface area (Å²) in [6.45, 7) is 6.85. The van der Waals surface area contributed by atoms with Crippen LogP contribution < -0.4 is 0 Å². The van der Waals surface area contributed by atoms with E-state index < -0.39 is 0 Å². The maximum atomic E-state index is 5.76. The summed E-state index contributed by atoms with van der Waals surface area (Å²) in [6.07, 6.45) is 9.25. The lowest BCUT2D eigenvalue weighted by Crippen LogP contribution is -2.29. The van der Waals surface area contributed by atoms with Crippen LogP contribution in [0.4, 0.5) is 0 Å². The van der Waals surface area contributed by atoms with Crippen LogP contribution in [0.1, 0.15) is 39.0 Å². The molecule has 3 atom stereocenters. The highest BCUT2D eigenvalue weighted by Crippen LogP contribution is 2.51. The molecule has 0 aromatic rings. The molecule has 0 saturated heterocycles. The first kappa shape index (κ1) is 9.26. The molecule has 3 unspecified atom stereocenters. The molecule has 0 N–H and O–H groups in total. The van der Waals surface area contributed by atoms with Crippen molar-refractivity contribution in [3.8, 4) is 0 Å². The third-order valence-electron chi connectivity index (χ3n) is 3.70. The van der Waals surface area contributed by atoms with E-state index in [0.29, 0.717) is 11.5 Å². The van der Waals surface area contributed by atoms with Crippen LogP contribution in [0.5, 0.6) is 0 Å². The van der Waals surface area contributed by atoms with E-state index in [-0.39, 0.29) is 0 Å². The van der Waals surface area contributed by atoms with Gasteiger partial charge in [0.05, 0.1) is 12.7 Å². The molecule has 0 radical (unpaired) electrons. The monoisotopic (exact) mass is 180 g/mol. The van der Waals surface area contributed by atoms with Gasteiger partial charge < -0.3 is 4.74 Å². The van der Waals surface area contributed by atoms with Gasteiger partial charge in [0, 0.05) is 0 Å². The summed E-state index contributed by atoms with van der Waals surface area (Å²) in [6, 6.07) is 0. The SMILES string of the molecule is C=CCOC1CC2CCC(C)(C2)C1. The molecule has 0 spiro atoms. The Morgan fingerprint density at radius 2 is 2.38 bits per heavy atom. The first-order chi connectivity index (χ1) is 6.22. The summed E-state index contributed by atoms with van der Waals surface area (Å²) in [7, 11) is 0. The van der Waals surface area contributed by atoms with Gasteiger partial charge in [-0.25, -0.2) is 0 Å². The summed E-state index contributed by atoms with van der Waals surface area (Å²) in [5, 5.41) is 0. The number of hydrogen-bond acceptors (Lipinski definition) is 1. The molecule has 2 aliphatic rings. The maximum absolute atomic E-state index is 5.76. The average molecular weight is 180 g/mol. The van der Waals surface area contributed by atoms with Crippen LogP contribution >= 0.6 is 0 Å². The lowest BCUT2D eigenvalue weighted by Gasteiger charge is -2.34. The molecule has 0 aromatic carbocycles. The molecule has 2 aliphatic carbocycles. The van der Waals surface area contributed by atoms with E-state index in [4.69, 9.17) is 4.74 Å². The number of rotatable bonds is 3. The van der Waals surface area contributed by atoms with Crippen LogP contribution in [0, 0.1) is 11.3 Å². The standard InChI is InChI=1S/C12H20O/c1-3-6-13-11-7-10-4-5-12(2,8-10)9-11/h3,10-11H,1,4-9H2,2H3. The fraction of sp³-hybridized carbons (Fsp3) is 0.833. The second-order valence-corrected chi connectivity index (χ2v) is 5.10. The van der Waals surface area contributed by atoms with E-state index in [1.165, 1.54) is 32.1 Å². The van der Waals surface area contributed by atoms with Crippen LogP contribution in [-0.2, 0) is 4.74 Å². The van der Waals surface area contributed by atoms with Crippen LogP contribution in [-0.4, -0.2) is 12.7 Å². The van der Waals surface area contributed by atoms with Gasteiger partial charge in [-0.2, -0.15) is 0 Å². The summed E-state index contributed by atoms with van der Waals surface area (Å²) < 4.78 is 5.76. The molecule has 0 aromatic heterocycles. The van der Waals surface area contributed by atoms with E-state index in [9.17, 15) is 0 Å². The Balaban J connectivity index is 1.91. The second-order valence-electron chi connectivity index (χ2n) is 5.10. The summed E-state index contributed by atoms with van der Waals surface area (Å²) in [4.78, 5) is 0. The Kier molecular flexibility index (Phi) is 2.46. The van der Waals surface area contributed by atoms with Crippen molar-refractivity contribution < 1.29 is 4.74 Å². The highest BCUT2D eigenvalue weighted by molar-refractivity contribution is 4.94. The van der Waals surface area contributed by atoms with Crippen molar-refractivity contribution in [1.82, 2.24) is 0 Å². The number of fused-ring (bicyclic) bond motifs is 2. The van der Waals surface area contributed by atoms with Crippen molar-refractivity contribution in [2.45, 2.75) is 45.1 Å². The minimum absolute atomic E-state index is 0.518. The van der Waals surface area contributed by atoms with Crippen LogP contribution in [0.2, 0.25) is 0 Å². The molecule has 74 valence electrons. The maximum Gasteiger partial charge on any atom is 0.0648 e. The molecule has 1 heteroatoms. The highest BCUT2D eigenvalue weighted by Gasteiger charge is 2.42. The summed E-state index contributed by atoms with van der Waals surface area (Å²) in [5.74, 6) is 0.952. The molecule has 2 fully saturated rings. The third kappa shape index (κ3) is 1.96. The molecule has 1 nitrogen and oxygen atoms in total. The second kappa shape index (κ2) is 3.45. The van der Waals surface area contributed by atoms with Crippen LogP contribution in [0.3, 0.4) is 0 Å². The molecular weight excluding hydrogens is 160 g/mol. The fourth-order valence-corrected chi connectivity index (χ4v) is 3.18. The van der Waals surface area contributed by atoms with Crippen molar-refractivity contribution in [3.05, 3.63) is 12.7 Å². The predicted molar refractivity (Wildman–Crippen MR) is 54.6 cm³/mol. The Morgan fingerprint density at radius 1 is 1.54 bits per heavy atom. The van der Waals surface area contributed by atoms with Crippen molar-refractivity contribution in [2.24, 2.45) is 11.3 Å². The van der Waals surface area contributed by atoms with Crippen molar-refractivity contribution in [1.29, 1.82) is 0 Å². The minimum Gasteiger partial charge on any atom is -0.374 e. The van der Waals surface area contributed by atoms with E-state index >= 15 is 0 Å². The molecule has 0 aliphatic heterocycles. The molecule has 0 amide bonds. The lowest BCUT2D eigenvalue weighted by atomic mass is 9.76. The first-order valence-corrected chi connectivity index (χ1v) is 5.44. The minimum atomic E-state index is 0.518. The van der Waals surface area contributed by atoms with Gasteiger partial charge in [-0.3, -0.25) is 0 Å². The Hall–Kier alpha value is -0.300. The van der Waals surface area contributed by atoms with Gasteiger partial charge in [0.1, 0.15) is 0 Å². The Morgan fingerprint density at radius 3 is 3.08 bits per heavy atom. The number of hydrogen-bond donors (Lipinski definition) is 0. The van der Waals surface area contributed by atoms with E-state index in [1.807, 2.05) is 6.08 Å². The molecule has 2 bridgehead atoms. The van der Waals surface area contributed by atoms with Gasteiger partial charge in [0.2, 0.25) is 0 Å². The Labute approximate surface area is 81.2 Å². The molecular formula is C12H20O. The van der Waals surface area contributed by atoms with Crippen molar-refractivity contribution in [2.75, 3.05) is 6.61 Å². The zero-order valence-corrected chi connectivity index (χ0v) is 8.59. The van der Waals surface area contributed by atoms with E-state index in [2.05, 4.69) is 13.5 Å². The van der Waals surface area contributed by atoms with Gasteiger partial charge in [-0.15, -0.1) is 6.58 Å². The van der Waals surface area contributed by atoms with Crippen molar-refractivity contribution >= 4 is 0 Å². The molecule has 0 heterocycles. The van der Waals surface area contributed by atoms with Crippen molar-refractivity contribution in [3.63, 3.8) is 0 Å². The molecule has 2 saturated carbocycles. The van der Waals surface area contributed by atoms with Gasteiger partial charge in [0.25, 0.3) is 0 Å². The topological polar surface area (TPSA) is 9.23 Å². The lowest BCUT2D eigenvalue weighted by molar-refractivity contribution is 0.00318. The smallest absolute Gasteiger partial charge is 0.0648 e. The quantitative estimate of drug-likeness (QED) is 0.606. The zero-order valence-electron chi connectivity index (χ0n) is 8.59. The molecule has 13 heavy (non-hydrogen) atoms. The summed E-state index contributed by atoms with van der Waals surface area (Å²) in [5.41, 5.74) is 0.606. The highest BCUT2D eigenvalue weighted by atomic mass is 16.5. The fourth-order valence-electron chi connectivity index (χ4n) is 3.18. The predicted octanol–water partition coefficient (Wildman–Crippen LogP) is 3.16. The van der Waals surface area contributed by atoms with Crippen LogP contribution in [0.25, 0.3) is 0 Å². The number of ether oxygens (including phenoxy) is 1. The normalized spacial score (nSPS) is 43.5.